The molecule has 1 aliphatic heterocycles. The number of anilines is 1. The standard InChI is InChI=1S/C12H20N4O2/c1-8-6-10(4-5-17-8)14-12-16-15-11(18-12)7-13-9-2-3-9/h8-10,13H,2-7H2,1H3,(H,14,16). The second-order valence-electron chi connectivity index (χ2n) is 5.20. The zero-order valence-corrected chi connectivity index (χ0v) is 10.7. The van der Waals surface area contributed by atoms with Crippen molar-refractivity contribution in [1.29, 1.82) is 0 Å². The van der Waals surface area contributed by atoms with Gasteiger partial charge >= 0.3 is 6.01 Å². The van der Waals surface area contributed by atoms with E-state index in [0.717, 1.165) is 19.4 Å². The summed E-state index contributed by atoms with van der Waals surface area (Å²) in [5.74, 6) is 0.657. The second kappa shape index (κ2) is 5.24. The number of ether oxygens (including phenoxy) is 1. The highest BCUT2D eigenvalue weighted by atomic mass is 16.5. The summed E-state index contributed by atoms with van der Waals surface area (Å²) >= 11 is 0. The predicted molar refractivity (Wildman–Crippen MR) is 66.2 cm³/mol. The van der Waals surface area contributed by atoms with Crippen LogP contribution >= 0.6 is 0 Å². The first-order valence-electron chi connectivity index (χ1n) is 6.73. The van der Waals surface area contributed by atoms with Crippen LogP contribution in [0.25, 0.3) is 0 Å². The van der Waals surface area contributed by atoms with Gasteiger partial charge in [0.15, 0.2) is 0 Å². The average Bonchev–Trinajstić information content (AvgIpc) is 3.08. The van der Waals surface area contributed by atoms with E-state index in [1.807, 2.05) is 0 Å². The molecule has 1 aromatic rings. The van der Waals surface area contributed by atoms with Gasteiger partial charge in [-0.2, -0.15) is 0 Å². The molecule has 0 bridgehead atoms. The summed E-state index contributed by atoms with van der Waals surface area (Å²) in [6, 6.07) is 1.56. The van der Waals surface area contributed by atoms with Gasteiger partial charge in [0.05, 0.1) is 12.6 Å². The SMILES string of the molecule is CC1CC(Nc2nnc(CNC3CC3)o2)CCO1. The normalized spacial score (nSPS) is 28.3. The summed E-state index contributed by atoms with van der Waals surface area (Å²) in [7, 11) is 0. The van der Waals surface area contributed by atoms with Crippen LogP contribution in [0.2, 0.25) is 0 Å². The summed E-state index contributed by atoms with van der Waals surface area (Å²) in [5, 5.41) is 14.7. The number of nitrogens with zero attached hydrogens (tertiary/aromatic N) is 2. The maximum absolute atomic E-state index is 5.56. The van der Waals surface area contributed by atoms with Crippen molar-refractivity contribution in [2.45, 2.75) is 57.3 Å². The fourth-order valence-corrected chi connectivity index (χ4v) is 2.21. The third-order valence-electron chi connectivity index (χ3n) is 3.40. The highest BCUT2D eigenvalue weighted by Gasteiger charge is 2.22. The molecule has 6 nitrogen and oxygen atoms in total. The van der Waals surface area contributed by atoms with Crippen LogP contribution in [0.3, 0.4) is 0 Å². The first-order valence-corrected chi connectivity index (χ1v) is 6.73. The van der Waals surface area contributed by atoms with Gasteiger partial charge in [0.25, 0.3) is 0 Å². The first-order chi connectivity index (χ1) is 8.79. The molecule has 18 heavy (non-hydrogen) atoms. The summed E-state index contributed by atoms with van der Waals surface area (Å²) in [6.07, 6.45) is 4.80. The highest BCUT2D eigenvalue weighted by Crippen LogP contribution is 2.20. The number of nitrogens with one attached hydrogen (secondary N) is 2. The molecule has 0 amide bonds. The first kappa shape index (κ1) is 11.9. The van der Waals surface area contributed by atoms with Crippen molar-refractivity contribution >= 4 is 6.01 Å². The molecule has 2 atom stereocenters. The molecule has 1 saturated carbocycles. The Balaban J connectivity index is 1.49. The molecular formula is C12H20N4O2. The highest BCUT2D eigenvalue weighted by molar-refractivity contribution is 5.19. The minimum atomic E-state index is 0.301. The molecule has 0 radical (unpaired) electrons. The maximum atomic E-state index is 5.56. The van der Waals surface area contributed by atoms with E-state index in [-0.39, 0.29) is 0 Å². The van der Waals surface area contributed by atoms with Crippen molar-refractivity contribution < 1.29 is 9.15 Å². The molecule has 0 spiro atoms. The summed E-state index contributed by atoms with van der Waals surface area (Å²) < 4.78 is 11.1. The number of aromatic nitrogens is 2. The third kappa shape index (κ3) is 3.20. The lowest BCUT2D eigenvalue weighted by molar-refractivity contribution is 0.0229. The van der Waals surface area contributed by atoms with Gasteiger partial charge < -0.3 is 19.8 Å². The fraction of sp³-hybridized carbons (Fsp3) is 0.833. The van der Waals surface area contributed by atoms with Crippen LogP contribution in [0, 0.1) is 0 Å². The van der Waals surface area contributed by atoms with Crippen LogP contribution in [-0.2, 0) is 11.3 Å². The van der Waals surface area contributed by atoms with Gasteiger partial charge in [0.2, 0.25) is 5.89 Å². The Kier molecular flexibility index (Phi) is 3.47. The third-order valence-corrected chi connectivity index (χ3v) is 3.40. The number of hydrogen-bond acceptors (Lipinski definition) is 6. The largest absolute Gasteiger partial charge is 0.407 e. The van der Waals surface area contributed by atoms with E-state index in [9.17, 15) is 0 Å². The molecular weight excluding hydrogens is 232 g/mol. The molecule has 2 unspecified atom stereocenters. The van der Waals surface area contributed by atoms with Crippen LogP contribution in [0.5, 0.6) is 0 Å². The molecule has 2 heterocycles. The monoisotopic (exact) mass is 252 g/mol. The Bertz CT molecular complexity index is 391. The molecule has 2 aliphatic rings. The van der Waals surface area contributed by atoms with Gasteiger partial charge in [-0.05, 0) is 32.6 Å². The molecule has 0 aromatic carbocycles. The molecule has 100 valence electrons. The Morgan fingerprint density at radius 2 is 2.11 bits per heavy atom. The molecule has 1 aliphatic carbocycles. The minimum Gasteiger partial charge on any atom is -0.407 e. The lowest BCUT2D eigenvalue weighted by Crippen LogP contribution is -2.32. The number of rotatable bonds is 5. The smallest absolute Gasteiger partial charge is 0.315 e. The van der Waals surface area contributed by atoms with Crippen molar-refractivity contribution in [3.8, 4) is 0 Å². The van der Waals surface area contributed by atoms with Crippen LogP contribution in [0.15, 0.2) is 4.42 Å². The van der Waals surface area contributed by atoms with E-state index in [2.05, 4.69) is 27.8 Å². The van der Waals surface area contributed by atoms with Crippen LogP contribution in [0.1, 0.15) is 38.5 Å². The zero-order valence-electron chi connectivity index (χ0n) is 10.7. The van der Waals surface area contributed by atoms with E-state index < -0.39 is 0 Å². The van der Waals surface area contributed by atoms with Gasteiger partial charge in [-0.25, -0.2) is 0 Å². The van der Waals surface area contributed by atoms with E-state index in [1.54, 1.807) is 0 Å². The van der Waals surface area contributed by atoms with E-state index >= 15 is 0 Å². The molecule has 3 rings (SSSR count). The lowest BCUT2D eigenvalue weighted by atomic mass is 10.1. The zero-order chi connectivity index (χ0) is 12.4. The van der Waals surface area contributed by atoms with Gasteiger partial charge in [0.1, 0.15) is 0 Å². The van der Waals surface area contributed by atoms with E-state index in [1.165, 1.54) is 12.8 Å². The van der Waals surface area contributed by atoms with E-state index in [0.29, 0.717) is 36.6 Å². The summed E-state index contributed by atoms with van der Waals surface area (Å²) in [4.78, 5) is 0. The summed E-state index contributed by atoms with van der Waals surface area (Å²) in [5.41, 5.74) is 0. The van der Waals surface area contributed by atoms with Gasteiger partial charge in [-0.1, -0.05) is 5.10 Å². The van der Waals surface area contributed by atoms with Gasteiger partial charge in [0, 0.05) is 18.7 Å². The van der Waals surface area contributed by atoms with Gasteiger partial charge in [-0.3, -0.25) is 0 Å². The van der Waals surface area contributed by atoms with Crippen LogP contribution in [0.4, 0.5) is 6.01 Å². The second-order valence-corrected chi connectivity index (χ2v) is 5.20. The van der Waals surface area contributed by atoms with Crippen LogP contribution in [-0.4, -0.2) is 35.0 Å². The fourth-order valence-electron chi connectivity index (χ4n) is 2.21. The van der Waals surface area contributed by atoms with Crippen molar-refractivity contribution in [2.24, 2.45) is 0 Å². The van der Waals surface area contributed by atoms with Crippen molar-refractivity contribution in [1.82, 2.24) is 15.5 Å². The Labute approximate surface area is 106 Å². The lowest BCUT2D eigenvalue weighted by Gasteiger charge is -2.27. The van der Waals surface area contributed by atoms with E-state index in [4.69, 9.17) is 9.15 Å². The Hall–Kier alpha value is -1.14. The molecule has 1 aromatic heterocycles. The molecule has 2 N–H and O–H groups in total. The number of hydrogen-bond donors (Lipinski definition) is 2. The van der Waals surface area contributed by atoms with Gasteiger partial charge in [-0.15, -0.1) is 5.10 Å². The molecule has 6 heteroatoms. The average molecular weight is 252 g/mol. The predicted octanol–water partition coefficient (Wildman–Crippen LogP) is 1.30. The van der Waals surface area contributed by atoms with Crippen molar-refractivity contribution in [3.63, 3.8) is 0 Å². The Morgan fingerprint density at radius 3 is 2.89 bits per heavy atom. The van der Waals surface area contributed by atoms with Crippen LogP contribution < -0.4 is 10.6 Å². The minimum absolute atomic E-state index is 0.301. The van der Waals surface area contributed by atoms with Crippen molar-refractivity contribution in [2.75, 3.05) is 11.9 Å². The molecule has 2 fully saturated rings. The van der Waals surface area contributed by atoms with Crippen molar-refractivity contribution in [3.05, 3.63) is 5.89 Å². The topological polar surface area (TPSA) is 72.2 Å². The Morgan fingerprint density at radius 1 is 1.22 bits per heavy atom. The molecule has 1 saturated heterocycles. The maximum Gasteiger partial charge on any atom is 0.315 e. The quantitative estimate of drug-likeness (QED) is 0.823. The summed E-state index contributed by atoms with van der Waals surface area (Å²) in [6.45, 7) is 3.55.